The molecule has 8 nitrogen and oxygen atoms in total. The summed E-state index contributed by atoms with van der Waals surface area (Å²) in [5.41, 5.74) is 5.54. The molecule has 0 aliphatic carbocycles. The molecule has 1 heterocycles. The fourth-order valence-electron chi connectivity index (χ4n) is 0.997. The van der Waals surface area contributed by atoms with Crippen LogP contribution < -0.4 is 16.4 Å². The number of hydrogen-bond acceptors (Lipinski definition) is 6. The Morgan fingerprint density at radius 1 is 1.33 bits per heavy atom. The van der Waals surface area contributed by atoms with Gasteiger partial charge in [0, 0.05) is 11.9 Å². The number of aromatic nitrogens is 1. The van der Waals surface area contributed by atoms with Crippen LogP contribution in [0.5, 0.6) is 0 Å². The Bertz CT molecular complexity index is 459. The van der Waals surface area contributed by atoms with Gasteiger partial charge < -0.3 is 21.5 Å². The highest BCUT2D eigenvalue weighted by Gasteiger charge is 2.11. The van der Waals surface area contributed by atoms with Crippen LogP contribution in [0.15, 0.2) is 5.38 Å². The minimum Gasteiger partial charge on any atom is -0.480 e. The molecule has 1 aromatic heterocycles. The molecule has 0 unspecified atom stereocenters. The predicted octanol–water partition coefficient (Wildman–Crippen LogP) is -1.47. The number of carbonyl (C=O) groups excluding carboxylic acids is 2. The standard InChI is InChI=1S/C9H12N4O4S/c10-1-7-13-5(4-18-7)9(17)12-2-6(14)11-3-8(15)16/h4H,1-3,10H2,(H,11,14)(H,12,17)(H,15,16). The van der Waals surface area contributed by atoms with Crippen molar-refractivity contribution in [3.8, 4) is 0 Å². The van der Waals surface area contributed by atoms with Crippen LogP contribution in [0.1, 0.15) is 15.5 Å². The zero-order chi connectivity index (χ0) is 13.5. The number of nitrogens with one attached hydrogen (secondary N) is 2. The third-order valence-corrected chi connectivity index (χ3v) is 2.68. The van der Waals surface area contributed by atoms with E-state index in [1.165, 1.54) is 16.7 Å². The number of rotatable bonds is 6. The fourth-order valence-corrected chi connectivity index (χ4v) is 1.65. The summed E-state index contributed by atoms with van der Waals surface area (Å²) in [6.07, 6.45) is 0. The van der Waals surface area contributed by atoms with E-state index in [2.05, 4.69) is 15.6 Å². The van der Waals surface area contributed by atoms with Gasteiger partial charge in [0.2, 0.25) is 5.91 Å². The highest BCUT2D eigenvalue weighted by molar-refractivity contribution is 7.09. The summed E-state index contributed by atoms with van der Waals surface area (Å²) in [4.78, 5) is 36.7. The molecule has 9 heteroatoms. The maximum Gasteiger partial charge on any atom is 0.322 e. The largest absolute Gasteiger partial charge is 0.480 e. The first-order chi connectivity index (χ1) is 8.52. The summed E-state index contributed by atoms with van der Waals surface area (Å²) in [6.45, 7) is -0.540. The Kier molecular flexibility index (Phi) is 5.21. The molecule has 0 bridgehead atoms. The lowest BCUT2D eigenvalue weighted by Gasteiger charge is -2.03. The quantitative estimate of drug-likeness (QED) is 0.499. The maximum atomic E-state index is 11.5. The van der Waals surface area contributed by atoms with Crippen LogP contribution in [-0.2, 0) is 16.1 Å². The number of amides is 2. The molecule has 0 saturated heterocycles. The van der Waals surface area contributed by atoms with Crippen molar-refractivity contribution >= 4 is 29.1 Å². The molecule has 0 spiro atoms. The molecule has 0 radical (unpaired) electrons. The van der Waals surface area contributed by atoms with Crippen molar-refractivity contribution in [3.63, 3.8) is 0 Å². The molecule has 0 atom stereocenters. The molecule has 0 fully saturated rings. The van der Waals surface area contributed by atoms with E-state index >= 15 is 0 Å². The Labute approximate surface area is 106 Å². The predicted molar refractivity (Wildman–Crippen MR) is 63.0 cm³/mol. The van der Waals surface area contributed by atoms with E-state index in [4.69, 9.17) is 10.8 Å². The Morgan fingerprint density at radius 3 is 2.61 bits per heavy atom. The molecule has 1 rings (SSSR count). The van der Waals surface area contributed by atoms with Crippen molar-refractivity contribution in [2.45, 2.75) is 6.54 Å². The lowest BCUT2D eigenvalue weighted by Crippen LogP contribution is -2.39. The average molecular weight is 272 g/mol. The molecular weight excluding hydrogens is 260 g/mol. The zero-order valence-electron chi connectivity index (χ0n) is 9.30. The van der Waals surface area contributed by atoms with Crippen molar-refractivity contribution in [1.29, 1.82) is 0 Å². The van der Waals surface area contributed by atoms with Gasteiger partial charge in [-0.05, 0) is 0 Å². The zero-order valence-corrected chi connectivity index (χ0v) is 10.1. The molecule has 2 amide bonds. The van der Waals surface area contributed by atoms with Crippen LogP contribution in [0.2, 0.25) is 0 Å². The van der Waals surface area contributed by atoms with Gasteiger partial charge in [0.1, 0.15) is 17.2 Å². The topological polar surface area (TPSA) is 134 Å². The number of carboxylic acids is 1. The first-order valence-electron chi connectivity index (χ1n) is 4.94. The van der Waals surface area contributed by atoms with E-state index in [1.54, 1.807) is 0 Å². The van der Waals surface area contributed by atoms with Crippen molar-refractivity contribution in [1.82, 2.24) is 15.6 Å². The van der Waals surface area contributed by atoms with Gasteiger partial charge in [-0.25, -0.2) is 4.98 Å². The lowest BCUT2D eigenvalue weighted by atomic mass is 10.4. The molecule has 0 aliphatic heterocycles. The Balaban J connectivity index is 2.36. The van der Waals surface area contributed by atoms with Gasteiger partial charge in [0.15, 0.2) is 0 Å². The number of nitrogens with two attached hydrogens (primary N) is 1. The molecule has 0 aromatic carbocycles. The Hall–Kier alpha value is -2.00. The summed E-state index contributed by atoms with van der Waals surface area (Å²) in [6, 6.07) is 0. The second kappa shape index (κ2) is 6.67. The van der Waals surface area contributed by atoms with Crippen molar-refractivity contribution in [2.75, 3.05) is 13.1 Å². The molecule has 18 heavy (non-hydrogen) atoms. The van der Waals surface area contributed by atoms with Gasteiger partial charge in [-0.1, -0.05) is 0 Å². The highest BCUT2D eigenvalue weighted by Crippen LogP contribution is 2.08. The van der Waals surface area contributed by atoms with Gasteiger partial charge in [-0.15, -0.1) is 11.3 Å². The number of hydrogen-bond donors (Lipinski definition) is 4. The molecule has 0 saturated carbocycles. The maximum absolute atomic E-state index is 11.5. The Morgan fingerprint density at radius 2 is 2.06 bits per heavy atom. The monoisotopic (exact) mass is 272 g/mol. The van der Waals surface area contributed by atoms with Crippen molar-refractivity contribution in [2.24, 2.45) is 5.73 Å². The van der Waals surface area contributed by atoms with Crippen LogP contribution in [0.4, 0.5) is 0 Å². The summed E-state index contributed by atoms with van der Waals surface area (Å²) in [7, 11) is 0. The second-order valence-electron chi connectivity index (χ2n) is 3.18. The summed E-state index contributed by atoms with van der Waals surface area (Å²) >= 11 is 1.25. The molecule has 5 N–H and O–H groups in total. The normalized spacial score (nSPS) is 9.83. The van der Waals surface area contributed by atoms with Crippen LogP contribution in [0, 0.1) is 0 Å². The SMILES string of the molecule is NCc1nc(C(=O)NCC(=O)NCC(=O)O)cs1. The minimum absolute atomic E-state index is 0.187. The van der Waals surface area contributed by atoms with Crippen LogP contribution in [0.3, 0.4) is 0 Å². The first kappa shape index (κ1) is 14.1. The summed E-state index contributed by atoms with van der Waals surface area (Å²) in [5.74, 6) is -2.24. The molecule has 0 aliphatic rings. The van der Waals surface area contributed by atoms with Gasteiger partial charge in [-0.2, -0.15) is 0 Å². The van der Waals surface area contributed by atoms with E-state index in [0.717, 1.165) is 0 Å². The number of aliphatic carboxylic acids is 1. The third kappa shape index (κ3) is 4.47. The van der Waals surface area contributed by atoms with Crippen LogP contribution in [-0.4, -0.2) is 41.0 Å². The van der Waals surface area contributed by atoms with Crippen LogP contribution >= 0.6 is 11.3 Å². The fraction of sp³-hybridized carbons (Fsp3) is 0.333. The van der Waals surface area contributed by atoms with E-state index in [-0.39, 0.29) is 18.8 Å². The second-order valence-corrected chi connectivity index (χ2v) is 4.13. The smallest absolute Gasteiger partial charge is 0.322 e. The van der Waals surface area contributed by atoms with E-state index < -0.39 is 24.3 Å². The number of nitrogens with zero attached hydrogens (tertiary/aromatic N) is 1. The third-order valence-electron chi connectivity index (χ3n) is 1.81. The van der Waals surface area contributed by atoms with E-state index in [9.17, 15) is 14.4 Å². The summed E-state index contributed by atoms with van der Waals surface area (Å²) < 4.78 is 0. The van der Waals surface area contributed by atoms with Crippen molar-refractivity contribution in [3.05, 3.63) is 16.1 Å². The van der Waals surface area contributed by atoms with Gasteiger partial charge in [0.25, 0.3) is 5.91 Å². The number of carboxylic acid groups (broad SMARTS) is 1. The molecular formula is C9H12N4O4S. The molecule has 1 aromatic rings. The number of carbonyl (C=O) groups is 3. The highest BCUT2D eigenvalue weighted by atomic mass is 32.1. The van der Waals surface area contributed by atoms with E-state index in [1.807, 2.05) is 0 Å². The number of thiazole rings is 1. The van der Waals surface area contributed by atoms with Gasteiger partial charge in [0.05, 0.1) is 6.54 Å². The lowest BCUT2D eigenvalue weighted by molar-refractivity contribution is -0.137. The first-order valence-corrected chi connectivity index (χ1v) is 5.82. The van der Waals surface area contributed by atoms with Crippen LogP contribution in [0.25, 0.3) is 0 Å². The van der Waals surface area contributed by atoms with Crippen molar-refractivity contribution < 1.29 is 19.5 Å². The summed E-state index contributed by atoms with van der Waals surface area (Å²) in [5, 5.41) is 14.9. The average Bonchev–Trinajstić information content (AvgIpc) is 2.82. The molecule has 98 valence electrons. The van der Waals surface area contributed by atoms with Gasteiger partial charge in [-0.3, -0.25) is 14.4 Å². The minimum atomic E-state index is -1.15. The van der Waals surface area contributed by atoms with Gasteiger partial charge >= 0.3 is 5.97 Å². The van der Waals surface area contributed by atoms with E-state index in [0.29, 0.717) is 5.01 Å².